The van der Waals surface area contributed by atoms with E-state index in [2.05, 4.69) is 33.5 Å². The lowest BCUT2D eigenvalue weighted by Gasteiger charge is -2.27. The first-order valence-corrected chi connectivity index (χ1v) is 10.8. The van der Waals surface area contributed by atoms with E-state index in [-0.39, 0.29) is 24.0 Å². The van der Waals surface area contributed by atoms with E-state index in [1.54, 1.807) is 0 Å². The van der Waals surface area contributed by atoms with Crippen LogP contribution < -0.4 is 15.5 Å². The van der Waals surface area contributed by atoms with Crippen molar-refractivity contribution in [3.63, 3.8) is 0 Å². The van der Waals surface area contributed by atoms with Crippen LogP contribution in [0.1, 0.15) is 51.0 Å². The van der Waals surface area contributed by atoms with Gasteiger partial charge in [0.2, 0.25) is 5.91 Å². The number of piperidine rings is 1. The van der Waals surface area contributed by atoms with Gasteiger partial charge in [-0.15, -0.1) is 24.0 Å². The van der Waals surface area contributed by atoms with Crippen molar-refractivity contribution in [1.82, 2.24) is 20.5 Å². The van der Waals surface area contributed by atoms with Crippen LogP contribution >= 0.6 is 24.0 Å². The van der Waals surface area contributed by atoms with Gasteiger partial charge in [-0.2, -0.15) is 0 Å². The third-order valence-corrected chi connectivity index (χ3v) is 5.32. The zero-order valence-electron chi connectivity index (χ0n) is 17.5. The molecular weight excluding hydrogens is 479 g/mol. The number of likely N-dealkylation sites (tertiary alicyclic amines) is 1. The zero-order valence-corrected chi connectivity index (χ0v) is 19.9. The van der Waals surface area contributed by atoms with E-state index in [9.17, 15) is 4.79 Å². The number of halogens is 1. The fourth-order valence-corrected chi connectivity index (χ4v) is 3.78. The molecule has 3 rings (SSSR count). The maximum absolute atomic E-state index is 11.7. The standard InChI is InChI=1S/C21H34N6O.HI/c1-2-22-21(24-10-7-15-27-14-6-8-20(27)28)25-17-18-9-11-23-19(16-18)26-12-4-3-5-13-26;/h9,11,16H,2-8,10,12-15,17H2,1H3,(H2,22,24,25);1H. The van der Waals surface area contributed by atoms with E-state index < -0.39 is 0 Å². The molecule has 162 valence electrons. The predicted octanol–water partition coefficient (Wildman–Crippen LogP) is 2.76. The molecule has 0 aromatic carbocycles. The molecule has 0 bridgehead atoms. The highest BCUT2D eigenvalue weighted by molar-refractivity contribution is 14.0. The molecule has 3 heterocycles. The van der Waals surface area contributed by atoms with E-state index >= 15 is 0 Å². The van der Waals surface area contributed by atoms with Gasteiger partial charge in [0, 0.05) is 51.9 Å². The van der Waals surface area contributed by atoms with Crippen LogP contribution in [0.25, 0.3) is 0 Å². The third kappa shape index (κ3) is 7.64. The molecule has 0 spiro atoms. The number of amides is 1. The van der Waals surface area contributed by atoms with Crippen molar-refractivity contribution in [2.75, 3.05) is 44.2 Å². The summed E-state index contributed by atoms with van der Waals surface area (Å²) < 4.78 is 0. The van der Waals surface area contributed by atoms with Gasteiger partial charge in [-0.25, -0.2) is 9.98 Å². The Bertz CT molecular complexity index is 662. The Morgan fingerprint density at radius 1 is 1.17 bits per heavy atom. The van der Waals surface area contributed by atoms with Gasteiger partial charge in [-0.05, 0) is 56.7 Å². The molecule has 8 heteroatoms. The van der Waals surface area contributed by atoms with E-state index in [4.69, 9.17) is 4.99 Å². The predicted molar refractivity (Wildman–Crippen MR) is 129 cm³/mol. The van der Waals surface area contributed by atoms with Gasteiger partial charge in [-0.3, -0.25) is 4.79 Å². The van der Waals surface area contributed by atoms with Gasteiger partial charge in [0.05, 0.1) is 6.54 Å². The number of hydrogen-bond acceptors (Lipinski definition) is 4. The van der Waals surface area contributed by atoms with Crippen LogP contribution in [0, 0.1) is 0 Å². The molecule has 7 nitrogen and oxygen atoms in total. The van der Waals surface area contributed by atoms with Crippen LogP contribution in [0.2, 0.25) is 0 Å². The van der Waals surface area contributed by atoms with Crippen molar-refractivity contribution >= 4 is 41.7 Å². The molecule has 2 aliphatic rings. The largest absolute Gasteiger partial charge is 0.357 e. The molecular formula is C21H35IN6O. The first kappa shape index (κ1) is 23.7. The van der Waals surface area contributed by atoms with E-state index in [0.29, 0.717) is 18.9 Å². The van der Waals surface area contributed by atoms with Crippen LogP contribution in [0.15, 0.2) is 23.3 Å². The lowest BCUT2D eigenvalue weighted by molar-refractivity contribution is -0.127. The smallest absolute Gasteiger partial charge is 0.222 e. The van der Waals surface area contributed by atoms with Crippen LogP contribution in [0.3, 0.4) is 0 Å². The molecule has 0 atom stereocenters. The first-order chi connectivity index (χ1) is 13.8. The lowest BCUT2D eigenvalue weighted by atomic mass is 10.1. The van der Waals surface area contributed by atoms with Crippen LogP contribution in [-0.2, 0) is 11.3 Å². The molecule has 2 fully saturated rings. The minimum absolute atomic E-state index is 0. The van der Waals surface area contributed by atoms with Crippen molar-refractivity contribution in [2.24, 2.45) is 4.99 Å². The molecule has 1 aromatic rings. The van der Waals surface area contributed by atoms with Gasteiger partial charge in [0.25, 0.3) is 0 Å². The molecule has 0 radical (unpaired) electrons. The molecule has 0 saturated carbocycles. The minimum atomic E-state index is 0. The number of anilines is 1. The van der Waals surface area contributed by atoms with Gasteiger partial charge >= 0.3 is 0 Å². The molecule has 1 aromatic heterocycles. The Hall–Kier alpha value is -1.58. The Morgan fingerprint density at radius 3 is 2.72 bits per heavy atom. The van der Waals surface area contributed by atoms with Crippen LogP contribution in [0.5, 0.6) is 0 Å². The Balaban J connectivity index is 0.00000300. The average molecular weight is 514 g/mol. The lowest BCUT2D eigenvalue weighted by Crippen LogP contribution is -2.39. The van der Waals surface area contributed by atoms with Crippen molar-refractivity contribution in [3.05, 3.63) is 23.9 Å². The highest BCUT2D eigenvalue weighted by atomic mass is 127. The second kappa shape index (κ2) is 12.9. The molecule has 29 heavy (non-hydrogen) atoms. The highest BCUT2D eigenvalue weighted by Crippen LogP contribution is 2.18. The number of hydrogen-bond donors (Lipinski definition) is 2. The second-order valence-corrected chi connectivity index (χ2v) is 7.53. The number of aromatic nitrogens is 1. The summed E-state index contributed by atoms with van der Waals surface area (Å²) in [5.41, 5.74) is 1.18. The molecule has 1 amide bonds. The summed E-state index contributed by atoms with van der Waals surface area (Å²) in [5, 5.41) is 6.68. The quantitative estimate of drug-likeness (QED) is 0.242. The minimum Gasteiger partial charge on any atom is -0.357 e. The van der Waals surface area contributed by atoms with Crippen molar-refractivity contribution in [1.29, 1.82) is 0 Å². The zero-order chi connectivity index (χ0) is 19.6. The summed E-state index contributed by atoms with van der Waals surface area (Å²) in [4.78, 5) is 25.3. The van der Waals surface area contributed by atoms with Crippen LogP contribution in [-0.4, -0.2) is 61.0 Å². The number of pyridine rings is 1. The maximum Gasteiger partial charge on any atom is 0.222 e. The summed E-state index contributed by atoms with van der Waals surface area (Å²) in [6, 6.07) is 4.21. The summed E-state index contributed by atoms with van der Waals surface area (Å²) in [5.74, 6) is 2.19. The van der Waals surface area contributed by atoms with Crippen molar-refractivity contribution < 1.29 is 4.79 Å². The Kier molecular flexibility index (Phi) is 10.5. The normalized spacial score (nSPS) is 17.3. The topological polar surface area (TPSA) is 72.9 Å². The number of rotatable bonds is 8. The highest BCUT2D eigenvalue weighted by Gasteiger charge is 2.19. The third-order valence-electron chi connectivity index (χ3n) is 5.32. The summed E-state index contributed by atoms with van der Waals surface area (Å²) in [7, 11) is 0. The monoisotopic (exact) mass is 514 g/mol. The SMILES string of the molecule is CCNC(=NCc1ccnc(N2CCCCC2)c1)NCCCN1CCCC1=O.I. The summed E-state index contributed by atoms with van der Waals surface area (Å²) in [6.07, 6.45) is 8.37. The Labute approximate surface area is 191 Å². The Morgan fingerprint density at radius 2 is 2.00 bits per heavy atom. The van der Waals surface area contributed by atoms with Gasteiger partial charge in [-0.1, -0.05) is 0 Å². The first-order valence-electron chi connectivity index (χ1n) is 10.8. The van der Waals surface area contributed by atoms with Crippen molar-refractivity contribution in [2.45, 2.75) is 52.0 Å². The number of carbonyl (C=O) groups excluding carboxylic acids is 1. The number of nitrogens with zero attached hydrogens (tertiary/aromatic N) is 4. The number of aliphatic imine (C=N–C) groups is 1. The van der Waals surface area contributed by atoms with E-state index in [1.165, 1.54) is 24.8 Å². The number of nitrogens with one attached hydrogen (secondary N) is 2. The fraction of sp³-hybridized carbons (Fsp3) is 0.667. The maximum atomic E-state index is 11.7. The van der Waals surface area contributed by atoms with Gasteiger partial charge in [0.15, 0.2) is 5.96 Å². The molecule has 0 unspecified atom stereocenters. The fourth-order valence-electron chi connectivity index (χ4n) is 3.78. The number of carbonyl (C=O) groups is 1. The summed E-state index contributed by atoms with van der Waals surface area (Å²) in [6.45, 7) is 8.27. The van der Waals surface area contributed by atoms with Gasteiger partial charge < -0.3 is 20.4 Å². The van der Waals surface area contributed by atoms with E-state index in [1.807, 2.05) is 17.2 Å². The molecule has 2 aliphatic heterocycles. The summed E-state index contributed by atoms with van der Waals surface area (Å²) >= 11 is 0. The van der Waals surface area contributed by atoms with Crippen molar-refractivity contribution in [3.8, 4) is 0 Å². The number of guanidine groups is 1. The van der Waals surface area contributed by atoms with Gasteiger partial charge in [0.1, 0.15) is 5.82 Å². The molecule has 0 aliphatic carbocycles. The van der Waals surface area contributed by atoms with E-state index in [0.717, 1.165) is 63.9 Å². The molecule has 2 saturated heterocycles. The van der Waals surface area contributed by atoms with Crippen LogP contribution in [0.4, 0.5) is 5.82 Å². The average Bonchev–Trinajstić information content (AvgIpc) is 3.15. The second-order valence-electron chi connectivity index (χ2n) is 7.53. The molecule has 2 N–H and O–H groups in total.